The van der Waals surface area contributed by atoms with E-state index in [1.807, 2.05) is 0 Å². The van der Waals surface area contributed by atoms with Gasteiger partial charge in [0.15, 0.2) is 0 Å². The fourth-order valence-corrected chi connectivity index (χ4v) is 1.65. The van der Waals surface area contributed by atoms with Crippen LogP contribution in [0.25, 0.3) is 0 Å². The molecule has 0 unspecified atom stereocenters. The number of nitrogen functional groups attached to an aromatic ring is 1. The van der Waals surface area contributed by atoms with Crippen molar-refractivity contribution in [1.82, 2.24) is 4.90 Å². The van der Waals surface area contributed by atoms with Crippen molar-refractivity contribution in [2.24, 2.45) is 0 Å². The molecule has 0 aliphatic carbocycles. The number of hydrogen-bond acceptors (Lipinski definition) is 5. The molecule has 1 aromatic carbocycles. The van der Waals surface area contributed by atoms with E-state index >= 15 is 0 Å². The summed E-state index contributed by atoms with van der Waals surface area (Å²) in [5, 5.41) is 0. The third-order valence-corrected chi connectivity index (χ3v) is 2.67. The molecule has 2 N–H and O–H groups in total. The number of benzene rings is 1. The van der Waals surface area contributed by atoms with Crippen LogP contribution in [0.15, 0.2) is 18.2 Å². The second-order valence-electron chi connectivity index (χ2n) is 5.76. The highest BCUT2D eigenvalue weighted by Gasteiger charge is 2.25. The van der Waals surface area contributed by atoms with Crippen LogP contribution in [0, 0.1) is 5.82 Å². The van der Waals surface area contributed by atoms with Gasteiger partial charge in [0.05, 0.1) is 13.7 Å². The molecule has 0 saturated carbocycles. The summed E-state index contributed by atoms with van der Waals surface area (Å²) < 4.78 is 22.9. The lowest BCUT2D eigenvalue weighted by Crippen LogP contribution is -2.39. The fourth-order valence-electron chi connectivity index (χ4n) is 1.65. The molecular formula is C15H21FN2O4. The number of nitrogens with zero attached hydrogens (tertiary/aromatic N) is 1. The minimum Gasteiger partial charge on any atom is -0.468 e. The van der Waals surface area contributed by atoms with Gasteiger partial charge < -0.3 is 15.2 Å². The lowest BCUT2D eigenvalue weighted by Gasteiger charge is -2.27. The van der Waals surface area contributed by atoms with Gasteiger partial charge in [-0.05, 0) is 38.5 Å². The number of nitrogens with two attached hydrogens (primary N) is 1. The van der Waals surface area contributed by atoms with E-state index in [4.69, 9.17) is 10.5 Å². The molecule has 22 heavy (non-hydrogen) atoms. The molecule has 0 aromatic heterocycles. The zero-order chi connectivity index (χ0) is 16.9. The van der Waals surface area contributed by atoms with E-state index in [1.165, 1.54) is 19.2 Å². The first-order valence-corrected chi connectivity index (χ1v) is 6.71. The summed E-state index contributed by atoms with van der Waals surface area (Å²) in [5.41, 5.74) is 5.72. The van der Waals surface area contributed by atoms with Crippen molar-refractivity contribution in [2.45, 2.75) is 32.9 Å². The Kier molecular flexibility index (Phi) is 5.73. The molecule has 6 nitrogen and oxygen atoms in total. The third-order valence-electron chi connectivity index (χ3n) is 2.67. The SMILES string of the molecule is COC(=O)CN(Cc1ccc(F)cc1N)C(=O)OC(C)(C)C. The van der Waals surface area contributed by atoms with Crippen molar-refractivity contribution in [3.63, 3.8) is 0 Å². The molecule has 0 fully saturated rings. The van der Waals surface area contributed by atoms with E-state index in [1.54, 1.807) is 20.8 Å². The quantitative estimate of drug-likeness (QED) is 0.681. The molecule has 0 aliphatic heterocycles. The number of rotatable bonds is 4. The van der Waals surface area contributed by atoms with E-state index < -0.39 is 23.5 Å². The van der Waals surface area contributed by atoms with Gasteiger partial charge in [0.25, 0.3) is 0 Å². The highest BCUT2D eigenvalue weighted by Crippen LogP contribution is 2.18. The normalized spacial score (nSPS) is 11.0. The number of esters is 1. The maximum absolute atomic E-state index is 13.1. The van der Waals surface area contributed by atoms with Gasteiger partial charge in [0.1, 0.15) is 18.0 Å². The van der Waals surface area contributed by atoms with Gasteiger partial charge in [-0.15, -0.1) is 0 Å². The summed E-state index contributed by atoms with van der Waals surface area (Å²) in [5.74, 6) is -1.07. The Morgan fingerprint density at radius 2 is 1.95 bits per heavy atom. The van der Waals surface area contributed by atoms with Gasteiger partial charge in [-0.2, -0.15) is 0 Å². The van der Waals surface area contributed by atoms with Crippen molar-refractivity contribution in [1.29, 1.82) is 0 Å². The Morgan fingerprint density at radius 1 is 1.32 bits per heavy atom. The van der Waals surface area contributed by atoms with Gasteiger partial charge >= 0.3 is 12.1 Å². The first-order chi connectivity index (χ1) is 10.1. The van der Waals surface area contributed by atoms with Gasteiger partial charge in [0.2, 0.25) is 0 Å². The molecule has 7 heteroatoms. The van der Waals surface area contributed by atoms with Crippen molar-refractivity contribution in [3.8, 4) is 0 Å². The van der Waals surface area contributed by atoms with Crippen LogP contribution in [-0.2, 0) is 20.8 Å². The molecule has 1 aromatic rings. The first kappa shape index (κ1) is 17.7. The average Bonchev–Trinajstić information content (AvgIpc) is 2.38. The Morgan fingerprint density at radius 3 is 2.45 bits per heavy atom. The van der Waals surface area contributed by atoms with Crippen LogP contribution in [-0.4, -0.2) is 36.2 Å². The zero-order valence-corrected chi connectivity index (χ0v) is 13.2. The van der Waals surface area contributed by atoms with Crippen LogP contribution in [0.3, 0.4) is 0 Å². The summed E-state index contributed by atoms with van der Waals surface area (Å²) in [6.07, 6.45) is -0.679. The third kappa shape index (κ3) is 5.59. The summed E-state index contributed by atoms with van der Waals surface area (Å²) in [4.78, 5) is 24.8. The minimum atomic E-state index is -0.709. The van der Waals surface area contributed by atoms with Crippen molar-refractivity contribution < 1.29 is 23.5 Å². The lowest BCUT2D eigenvalue weighted by atomic mass is 10.1. The maximum atomic E-state index is 13.1. The molecule has 0 spiro atoms. The summed E-state index contributed by atoms with van der Waals surface area (Å²) in [6, 6.07) is 3.84. The number of methoxy groups -OCH3 is 1. The molecule has 122 valence electrons. The van der Waals surface area contributed by atoms with Crippen LogP contribution < -0.4 is 5.73 Å². The van der Waals surface area contributed by atoms with Crippen molar-refractivity contribution >= 4 is 17.7 Å². The number of amides is 1. The Hall–Kier alpha value is -2.31. The fraction of sp³-hybridized carbons (Fsp3) is 0.467. The Bertz CT molecular complexity index is 555. The molecule has 1 rings (SSSR count). The van der Waals surface area contributed by atoms with Crippen LogP contribution in [0.1, 0.15) is 26.3 Å². The monoisotopic (exact) mass is 312 g/mol. The molecule has 1 amide bonds. The Balaban J connectivity index is 2.94. The zero-order valence-electron chi connectivity index (χ0n) is 13.2. The molecular weight excluding hydrogens is 291 g/mol. The predicted molar refractivity (Wildman–Crippen MR) is 79.5 cm³/mol. The highest BCUT2D eigenvalue weighted by molar-refractivity contribution is 5.78. The lowest BCUT2D eigenvalue weighted by molar-refractivity contribution is -0.142. The molecule has 0 heterocycles. The van der Waals surface area contributed by atoms with Gasteiger partial charge in [-0.25, -0.2) is 9.18 Å². The number of carbonyl (C=O) groups is 2. The van der Waals surface area contributed by atoms with Crippen LogP contribution >= 0.6 is 0 Å². The smallest absolute Gasteiger partial charge is 0.411 e. The van der Waals surface area contributed by atoms with Crippen molar-refractivity contribution in [2.75, 3.05) is 19.4 Å². The molecule has 0 radical (unpaired) electrons. The van der Waals surface area contributed by atoms with E-state index in [9.17, 15) is 14.0 Å². The Labute approximate surface area is 129 Å². The summed E-state index contributed by atoms with van der Waals surface area (Å²) >= 11 is 0. The highest BCUT2D eigenvalue weighted by atomic mass is 19.1. The number of carbonyl (C=O) groups excluding carboxylic acids is 2. The van der Waals surface area contributed by atoms with E-state index in [0.29, 0.717) is 5.56 Å². The second-order valence-corrected chi connectivity index (χ2v) is 5.76. The van der Waals surface area contributed by atoms with E-state index in [-0.39, 0.29) is 18.8 Å². The van der Waals surface area contributed by atoms with Gasteiger partial charge in [0, 0.05) is 5.69 Å². The summed E-state index contributed by atoms with van der Waals surface area (Å²) in [6.45, 7) is 4.87. The average molecular weight is 312 g/mol. The van der Waals surface area contributed by atoms with Crippen molar-refractivity contribution in [3.05, 3.63) is 29.6 Å². The van der Waals surface area contributed by atoms with Gasteiger partial charge in [-0.1, -0.05) is 6.07 Å². The molecule has 0 saturated heterocycles. The van der Waals surface area contributed by atoms with E-state index in [0.717, 1.165) is 11.0 Å². The minimum absolute atomic E-state index is 0.0100. The van der Waals surface area contributed by atoms with Crippen LogP contribution in [0.2, 0.25) is 0 Å². The van der Waals surface area contributed by atoms with Crippen LogP contribution in [0.4, 0.5) is 14.9 Å². The van der Waals surface area contributed by atoms with E-state index in [2.05, 4.69) is 4.74 Å². The predicted octanol–water partition coefficient (Wildman–Crippen LogP) is 2.32. The summed E-state index contributed by atoms with van der Waals surface area (Å²) in [7, 11) is 1.22. The number of halogens is 1. The maximum Gasteiger partial charge on any atom is 0.411 e. The topological polar surface area (TPSA) is 81.9 Å². The van der Waals surface area contributed by atoms with Crippen LogP contribution in [0.5, 0.6) is 0 Å². The first-order valence-electron chi connectivity index (χ1n) is 6.71. The molecule has 0 atom stereocenters. The number of anilines is 1. The van der Waals surface area contributed by atoms with Gasteiger partial charge in [-0.3, -0.25) is 9.69 Å². The number of ether oxygens (including phenoxy) is 2. The standard InChI is InChI=1S/C15H21FN2O4/c1-15(2,3)22-14(20)18(9-13(19)21-4)8-10-5-6-11(16)7-12(10)17/h5-7H,8-9,17H2,1-4H3. The largest absolute Gasteiger partial charge is 0.468 e. The molecule has 0 bridgehead atoms. The number of hydrogen-bond donors (Lipinski definition) is 1. The molecule has 0 aliphatic rings. The second kappa shape index (κ2) is 7.11.